The van der Waals surface area contributed by atoms with Crippen molar-refractivity contribution in [2.24, 2.45) is 0 Å². The highest BCUT2D eigenvalue weighted by atomic mass is 16.1. The van der Waals surface area contributed by atoms with E-state index in [2.05, 4.69) is 32.4 Å². The molecule has 0 radical (unpaired) electrons. The fourth-order valence-electron chi connectivity index (χ4n) is 1.85. The monoisotopic (exact) mass is 261 g/mol. The predicted octanol–water partition coefficient (Wildman–Crippen LogP) is 1.37. The van der Waals surface area contributed by atoms with Gasteiger partial charge in [0.15, 0.2) is 0 Å². The number of aromatic nitrogens is 4. The molecule has 0 fully saturated rings. The summed E-state index contributed by atoms with van der Waals surface area (Å²) < 4.78 is 0. The molecule has 0 spiro atoms. The van der Waals surface area contributed by atoms with Gasteiger partial charge in [-0.1, -0.05) is 13.3 Å². The first kappa shape index (κ1) is 13.3. The topological polar surface area (TPSA) is 86.5 Å². The number of amides is 1. The zero-order valence-electron chi connectivity index (χ0n) is 11.3. The minimum Gasteiger partial charge on any atom is -0.350 e. The van der Waals surface area contributed by atoms with Crippen molar-refractivity contribution in [1.29, 1.82) is 0 Å². The van der Waals surface area contributed by atoms with Crippen molar-refractivity contribution in [2.75, 3.05) is 6.54 Å². The number of nitrogens with one attached hydrogen (secondary N) is 3. The van der Waals surface area contributed by atoms with E-state index in [1.165, 1.54) is 0 Å². The molecule has 1 amide bonds. The van der Waals surface area contributed by atoms with Crippen LogP contribution in [0.25, 0.3) is 0 Å². The van der Waals surface area contributed by atoms with Crippen molar-refractivity contribution in [3.63, 3.8) is 0 Å². The maximum absolute atomic E-state index is 11.8. The standard InChI is InChI=1S/C13H19N5O/c1-3-4-10-7-11(18-17-10)13(19)14-6-5-12-15-8-9(2)16-12/h7-8H,3-6H2,1-2H3,(H,14,19)(H,15,16)(H,17,18). The molecule has 19 heavy (non-hydrogen) atoms. The third kappa shape index (κ3) is 3.67. The van der Waals surface area contributed by atoms with E-state index in [1.54, 1.807) is 12.3 Å². The zero-order valence-corrected chi connectivity index (χ0v) is 11.3. The lowest BCUT2D eigenvalue weighted by molar-refractivity contribution is 0.0949. The molecule has 6 heteroatoms. The van der Waals surface area contributed by atoms with Crippen molar-refractivity contribution in [3.8, 4) is 0 Å². The van der Waals surface area contributed by atoms with Gasteiger partial charge in [0.2, 0.25) is 0 Å². The molecule has 0 aliphatic carbocycles. The summed E-state index contributed by atoms with van der Waals surface area (Å²) in [5.74, 6) is 0.730. The molecule has 0 aromatic carbocycles. The number of aryl methyl sites for hydroxylation is 2. The van der Waals surface area contributed by atoms with Gasteiger partial charge in [0.25, 0.3) is 5.91 Å². The summed E-state index contributed by atoms with van der Waals surface area (Å²) in [7, 11) is 0. The van der Waals surface area contributed by atoms with Gasteiger partial charge >= 0.3 is 0 Å². The Hall–Kier alpha value is -2.11. The van der Waals surface area contributed by atoms with Crippen molar-refractivity contribution >= 4 is 5.91 Å². The minimum absolute atomic E-state index is 0.151. The molecule has 0 bridgehead atoms. The Morgan fingerprint density at radius 3 is 2.95 bits per heavy atom. The van der Waals surface area contributed by atoms with Gasteiger partial charge < -0.3 is 10.3 Å². The third-order valence-corrected chi connectivity index (χ3v) is 2.79. The van der Waals surface area contributed by atoms with Crippen molar-refractivity contribution < 1.29 is 4.79 Å². The number of rotatable bonds is 6. The minimum atomic E-state index is -0.151. The molecular weight excluding hydrogens is 242 g/mol. The van der Waals surface area contributed by atoms with Gasteiger partial charge in [0, 0.05) is 30.6 Å². The van der Waals surface area contributed by atoms with Crippen LogP contribution in [0.2, 0.25) is 0 Å². The largest absolute Gasteiger partial charge is 0.350 e. The summed E-state index contributed by atoms with van der Waals surface area (Å²) in [6.45, 7) is 4.59. The highest BCUT2D eigenvalue weighted by molar-refractivity contribution is 5.92. The first-order valence-electron chi connectivity index (χ1n) is 6.52. The lowest BCUT2D eigenvalue weighted by Crippen LogP contribution is -2.26. The zero-order chi connectivity index (χ0) is 13.7. The van der Waals surface area contributed by atoms with E-state index < -0.39 is 0 Å². The summed E-state index contributed by atoms with van der Waals surface area (Å²) in [5, 5.41) is 9.70. The van der Waals surface area contributed by atoms with E-state index >= 15 is 0 Å². The van der Waals surface area contributed by atoms with Crippen LogP contribution >= 0.6 is 0 Å². The number of nitrogens with zero attached hydrogens (tertiary/aromatic N) is 2. The average Bonchev–Trinajstić information content (AvgIpc) is 2.99. The normalized spacial score (nSPS) is 10.6. The number of aromatic amines is 2. The van der Waals surface area contributed by atoms with Crippen LogP contribution in [0.1, 0.15) is 41.0 Å². The molecule has 2 rings (SSSR count). The van der Waals surface area contributed by atoms with E-state index in [0.29, 0.717) is 18.7 Å². The highest BCUT2D eigenvalue weighted by Gasteiger charge is 2.09. The highest BCUT2D eigenvalue weighted by Crippen LogP contribution is 2.02. The molecule has 102 valence electrons. The molecule has 3 N–H and O–H groups in total. The molecule has 2 heterocycles. The van der Waals surface area contributed by atoms with Crippen molar-refractivity contribution in [2.45, 2.75) is 33.1 Å². The summed E-state index contributed by atoms with van der Waals surface area (Å²) in [5.41, 5.74) is 2.46. The van der Waals surface area contributed by atoms with Gasteiger partial charge in [-0.05, 0) is 19.4 Å². The van der Waals surface area contributed by atoms with Crippen LogP contribution in [-0.4, -0.2) is 32.6 Å². The van der Waals surface area contributed by atoms with Gasteiger partial charge in [0.1, 0.15) is 11.5 Å². The van der Waals surface area contributed by atoms with Gasteiger partial charge in [-0.15, -0.1) is 0 Å². The Kier molecular flexibility index (Phi) is 4.33. The van der Waals surface area contributed by atoms with Gasteiger partial charge in [0.05, 0.1) is 0 Å². The van der Waals surface area contributed by atoms with Gasteiger partial charge in [-0.25, -0.2) is 4.98 Å². The SMILES string of the molecule is CCCc1cc(C(=O)NCCc2ncc(C)[nH]2)n[nH]1. The molecule has 0 saturated carbocycles. The van der Waals surface area contributed by atoms with Crippen molar-refractivity contribution in [1.82, 2.24) is 25.5 Å². The summed E-state index contributed by atoms with van der Waals surface area (Å²) in [4.78, 5) is 19.1. The van der Waals surface area contributed by atoms with Crippen LogP contribution in [0.3, 0.4) is 0 Å². The van der Waals surface area contributed by atoms with Gasteiger partial charge in [-0.2, -0.15) is 5.10 Å². The maximum Gasteiger partial charge on any atom is 0.271 e. The molecular formula is C13H19N5O. The number of hydrogen-bond donors (Lipinski definition) is 3. The fourth-order valence-corrected chi connectivity index (χ4v) is 1.85. The van der Waals surface area contributed by atoms with Crippen LogP contribution in [0.15, 0.2) is 12.3 Å². The lowest BCUT2D eigenvalue weighted by atomic mass is 10.2. The Bertz CT molecular complexity index is 543. The van der Waals surface area contributed by atoms with E-state index in [0.717, 1.165) is 30.1 Å². The molecule has 0 saturated heterocycles. The Morgan fingerprint density at radius 1 is 1.42 bits per heavy atom. The van der Waals surface area contributed by atoms with Gasteiger partial charge in [-0.3, -0.25) is 9.89 Å². The molecule has 0 aliphatic rings. The fraction of sp³-hybridized carbons (Fsp3) is 0.462. The summed E-state index contributed by atoms with van der Waals surface area (Å²) in [6.07, 6.45) is 4.40. The Morgan fingerprint density at radius 2 is 2.26 bits per heavy atom. The van der Waals surface area contributed by atoms with Crippen molar-refractivity contribution in [3.05, 3.63) is 35.2 Å². The number of carbonyl (C=O) groups is 1. The Balaban J connectivity index is 1.80. The molecule has 0 atom stereocenters. The molecule has 0 aliphatic heterocycles. The Labute approximate surface area is 112 Å². The van der Waals surface area contributed by atoms with E-state index in [4.69, 9.17) is 0 Å². The van der Waals surface area contributed by atoms with E-state index in [-0.39, 0.29) is 5.91 Å². The van der Waals surface area contributed by atoms with Crippen LogP contribution in [0.5, 0.6) is 0 Å². The van der Waals surface area contributed by atoms with E-state index in [9.17, 15) is 4.79 Å². The summed E-state index contributed by atoms with van der Waals surface area (Å²) in [6, 6.07) is 1.80. The predicted molar refractivity (Wildman–Crippen MR) is 71.9 cm³/mol. The number of hydrogen-bond acceptors (Lipinski definition) is 3. The maximum atomic E-state index is 11.8. The van der Waals surface area contributed by atoms with E-state index in [1.807, 2.05) is 6.92 Å². The molecule has 2 aromatic heterocycles. The lowest BCUT2D eigenvalue weighted by Gasteiger charge is -2.00. The number of H-pyrrole nitrogens is 2. The first-order chi connectivity index (χ1) is 9.19. The molecule has 0 unspecified atom stereocenters. The second kappa shape index (κ2) is 6.17. The van der Waals surface area contributed by atoms with Crippen LogP contribution in [-0.2, 0) is 12.8 Å². The number of imidazole rings is 1. The molecule has 2 aromatic rings. The quantitative estimate of drug-likeness (QED) is 0.734. The number of carbonyl (C=O) groups excluding carboxylic acids is 1. The van der Waals surface area contributed by atoms with Crippen LogP contribution in [0.4, 0.5) is 0 Å². The summed E-state index contributed by atoms with van der Waals surface area (Å²) >= 11 is 0. The molecule has 6 nitrogen and oxygen atoms in total. The van der Waals surface area contributed by atoms with Crippen LogP contribution in [0, 0.1) is 6.92 Å². The second-order valence-corrected chi connectivity index (χ2v) is 4.55. The van der Waals surface area contributed by atoms with Crippen LogP contribution < -0.4 is 5.32 Å². The third-order valence-electron chi connectivity index (χ3n) is 2.79. The average molecular weight is 261 g/mol. The second-order valence-electron chi connectivity index (χ2n) is 4.55. The smallest absolute Gasteiger partial charge is 0.271 e. The first-order valence-corrected chi connectivity index (χ1v) is 6.52.